The largest absolute Gasteiger partial charge is 0.491 e. The maximum atomic E-state index is 9.70. The molecule has 0 spiro atoms. The van der Waals surface area contributed by atoms with Crippen LogP contribution in [0.1, 0.15) is 19.4 Å². The molecule has 0 aliphatic heterocycles. The van der Waals surface area contributed by atoms with E-state index in [1.807, 2.05) is 26.0 Å². The van der Waals surface area contributed by atoms with E-state index < -0.39 is 12.3 Å². The van der Waals surface area contributed by atoms with Crippen LogP contribution in [0.3, 0.4) is 0 Å². The van der Waals surface area contributed by atoms with Crippen LogP contribution in [-0.2, 0) is 6.42 Å². The third kappa shape index (κ3) is 7.12. The number of rotatable bonds is 8. The Labute approximate surface area is 114 Å². The van der Waals surface area contributed by atoms with E-state index in [-0.39, 0.29) is 6.61 Å². The highest BCUT2D eigenvalue weighted by atomic mass is 16.5. The van der Waals surface area contributed by atoms with Gasteiger partial charge in [0, 0.05) is 19.0 Å². The summed E-state index contributed by atoms with van der Waals surface area (Å²) in [4.78, 5) is 0. The summed E-state index contributed by atoms with van der Waals surface area (Å²) in [5.74, 6) is 0.693. The molecule has 0 fully saturated rings. The second-order valence-corrected chi connectivity index (χ2v) is 4.94. The van der Waals surface area contributed by atoms with Crippen LogP contribution in [0.25, 0.3) is 0 Å². The van der Waals surface area contributed by atoms with Gasteiger partial charge in [0.15, 0.2) is 0 Å². The average molecular weight is 268 g/mol. The van der Waals surface area contributed by atoms with Crippen LogP contribution < -0.4 is 15.8 Å². The zero-order valence-electron chi connectivity index (χ0n) is 11.5. The number of ether oxygens (including phenoxy) is 1. The van der Waals surface area contributed by atoms with Crippen molar-refractivity contribution in [2.75, 3.05) is 13.2 Å². The molecule has 5 nitrogen and oxygen atoms in total. The normalized spacial score (nSPS) is 14.4. The van der Waals surface area contributed by atoms with E-state index in [2.05, 4.69) is 5.32 Å². The van der Waals surface area contributed by atoms with Crippen LogP contribution in [0.4, 0.5) is 0 Å². The Hall–Kier alpha value is -1.14. The van der Waals surface area contributed by atoms with Crippen molar-refractivity contribution in [1.82, 2.24) is 5.32 Å². The van der Waals surface area contributed by atoms with Crippen molar-refractivity contribution in [2.45, 2.75) is 38.6 Å². The quantitative estimate of drug-likeness (QED) is 0.507. The van der Waals surface area contributed by atoms with E-state index in [4.69, 9.17) is 15.6 Å². The lowest BCUT2D eigenvalue weighted by molar-refractivity contribution is 0.104. The van der Waals surface area contributed by atoms with Gasteiger partial charge in [-0.05, 0) is 17.7 Å². The van der Waals surface area contributed by atoms with Crippen molar-refractivity contribution < 1.29 is 14.9 Å². The molecule has 108 valence electrons. The molecule has 0 amide bonds. The summed E-state index contributed by atoms with van der Waals surface area (Å²) in [5, 5.41) is 21.9. The second-order valence-electron chi connectivity index (χ2n) is 4.94. The van der Waals surface area contributed by atoms with Crippen LogP contribution in [-0.4, -0.2) is 41.7 Å². The van der Waals surface area contributed by atoms with Gasteiger partial charge in [0.1, 0.15) is 24.7 Å². The molecule has 0 bridgehead atoms. The summed E-state index contributed by atoms with van der Waals surface area (Å²) in [5.41, 5.74) is 6.25. The number of aliphatic hydroxyl groups is 2. The zero-order valence-corrected chi connectivity index (χ0v) is 11.5. The second kappa shape index (κ2) is 8.12. The summed E-state index contributed by atoms with van der Waals surface area (Å²) in [6.07, 6.45) is -0.954. The molecule has 2 atom stereocenters. The Balaban J connectivity index is 2.33. The first kappa shape index (κ1) is 15.9. The van der Waals surface area contributed by atoms with Gasteiger partial charge in [0.05, 0.1) is 0 Å². The fourth-order valence-corrected chi connectivity index (χ4v) is 1.59. The topological polar surface area (TPSA) is 87.7 Å². The Bertz CT molecular complexity index is 352. The lowest BCUT2D eigenvalue weighted by Crippen LogP contribution is -2.35. The lowest BCUT2D eigenvalue weighted by atomic mass is 10.1. The molecule has 5 heteroatoms. The maximum Gasteiger partial charge on any atom is 0.119 e. The van der Waals surface area contributed by atoms with Gasteiger partial charge < -0.3 is 26.0 Å². The molecule has 5 N–H and O–H groups in total. The first-order valence-corrected chi connectivity index (χ1v) is 6.54. The number of hydrogen-bond acceptors (Lipinski definition) is 5. The first-order chi connectivity index (χ1) is 8.97. The maximum absolute atomic E-state index is 9.70. The summed E-state index contributed by atoms with van der Waals surface area (Å²) >= 11 is 0. The van der Waals surface area contributed by atoms with Gasteiger partial charge in [-0.1, -0.05) is 26.0 Å². The Morgan fingerprint density at radius 1 is 1.21 bits per heavy atom. The highest BCUT2D eigenvalue weighted by molar-refractivity contribution is 5.27. The summed E-state index contributed by atoms with van der Waals surface area (Å²) in [6.45, 7) is 4.81. The molecule has 0 saturated heterocycles. The molecule has 19 heavy (non-hydrogen) atoms. The van der Waals surface area contributed by atoms with Crippen molar-refractivity contribution in [3.8, 4) is 5.75 Å². The summed E-state index contributed by atoms with van der Waals surface area (Å²) in [6, 6.07) is 7.66. The predicted molar refractivity (Wildman–Crippen MR) is 75.0 cm³/mol. The van der Waals surface area contributed by atoms with E-state index in [0.29, 0.717) is 24.8 Å². The minimum atomic E-state index is -0.837. The zero-order chi connectivity index (χ0) is 14.3. The number of hydrogen-bond donors (Lipinski definition) is 4. The van der Waals surface area contributed by atoms with E-state index in [0.717, 1.165) is 5.56 Å². The van der Waals surface area contributed by atoms with Crippen LogP contribution in [0.15, 0.2) is 24.3 Å². The minimum absolute atomic E-state index is 0.249. The fourth-order valence-electron chi connectivity index (χ4n) is 1.59. The van der Waals surface area contributed by atoms with E-state index in [9.17, 15) is 5.11 Å². The van der Waals surface area contributed by atoms with Crippen molar-refractivity contribution in [1.29, 1.82) is 0 Å². The number of nitrogens with one attached hydrogen (secondary N) is 1. The van der Waals surface area contributed by atoms with Gasteiger partial charge in [0.2, 0.25) is 0 Å². The van der Waals surface area contributed by atoms with Crippen molar-refractivity contribution in [3.63, 3.8) is 0 Å². The highest BCUT2D eigenvalue weighted by Gasteiger charge is 2.06. The Morgan fingerprint density at radius 3 is 2.37 bits per heavy atom. The minimum Gasteiger partial charge on any atom is -0.491 e. The van der Waals surface area contributed by atoms with Crippen LogP contribution in [0.2, 0.25) is 0 Å². The number of benzene rings is 1. The lowest BCUT2D eigenvalue weighted by Gasteiger charge is -2.15. The van der Waals surface area contributed by atoms with E-state index in [1.165, 1.54) is 0 Å². The summed E-state index contributed by atoms with van der Waals surface area (Å²) < 4.78 is 5.48. The molecule has 0 saturated carbocycles. The van der Waals surface area contributed by atoms with Gasteiger partial charge in [-0.2, -0.15) is 0 Å². The molecule has 0 aliphatic rings. The molecule has 0 heterocycles. The molecule has 0 aliphatic carbocycles. The molecule has 1 rings (SSSR count). The van der Waals surface area contributed by atoms with E-state index >= 15 is 0 Å². The van der Waals surface area contributed by atoms with Gasteiger partial charge in [-0.15, -0.1) is 0 Å². The molecule has 0 radical (unpaired) electrons. The Morgan fingerprint density at radius 2 is 1.84 bits per heavy atom. The van der Waals surface area contributed by atoms with Crippen LogP contribution in [0, 0.1) is 0 Å². The molecule has 1 aromatic carbocycles. The fraction of sp³-hybridized carbons (Fsp3) is 0.571. The third-order valence-electron chi connectivity index (χ3n) is 2.57. The van der Waals surface area contributed by atoms with Crippen molar-refractivity contribution in [2.24, 2.45) is 5.73 Å². The van der Waals surface area contributed by atoms with Crippen LogP contribution >= 0.6 is 0 Å². The third-order valence-corrected chi connectivity index (χ3v) is 2.57. The predicted octanol–water partition coefficient (Wildman–Crippen LogP) is 0.244. The summed E-state index contributed by atoms with van der Waals surface area (Å²) in [7, 11) is 0. The van der Waals surface area contributed by atoms with Gasteiger partial charge in [-0.25, -0.2) is 0 Å². The molecule has 2 unspecified atom stereocenters. The van der Waals surface area contributed by atoms with Gasteiger partial charge >= 0.3 is 0 Å². The monoisotopic (exact) mass is 268 g/mol. The smallest absolute Gasteiger partial charge is 0.119 e. The SMILES string of the molecule is CC(C)NCC(O)COc1ccc(CC(N)O)cc1. The average Bonchev–Trinajstić information content (AvgIpc) is 2.35. The molecule has 0 aromatic heterocycles. The van der Waals surface area contributed by atoms with Crippen molar-refractivity contribution in [3.05, 3.63) is 29.8 Å². The molecular weight excluding hydrogens is 244 g/mol. The van der Waals surface area contributed by atoms with E-state index in [1.54, 1.807) is 12.1 Å². The molecular formula is C14H24N2O3. The van der Waals surface area contributed by atoms with Crippen molar-refractivity contribution >= 4 is 0 Å². The number of aliphatic hydroxyl groups excluding tert-OH is 2. The van der Waals surface area contributed by atoms with Gasteiger partial charge in [-0.3, -0.25) is 0 Å². The Kier molecular flexibility index (Phi) is 6.80. The van der Waals surface area contributed by atoms with Gasteiger partial charge in [0.25, 0.3) is 0 Å². The first-order valence-electron chi connectivity index (χ1n) is 6.54. The standard InChI is InChI=1S/C14H24N2O3/c1-10(2)16-8-12(17)9-19-13-5-3-11(4-6-13)7-14(15)18/h3-6,10,12,14,16-18H,7-9,15H2,1-2H3. The van der Waals surface area contributed by atoms with Crippen LogP contribution in [0.5, 0.6) is 5.75 Å². The highest BCUT2D eigenvalue weighted by Crippen LogP contribution is 2.13. The molecule has 1 aromatic rings. The number of nitrogens with two attached hydrogens (primary N) is 1.